The molecule has 0 bridgehead atoms. The van der Waals surface area contributed by atoms with Crippen LogP contribution in [0, 0.1) is 0 Å². The third-order valence-electron chi connectivity index (χ3n) is 2.46. The predicted octanol–water partition coefficient (Wildman–Crippen LogP) is 2.39. The minimum Gasteiger partial charge on any atom is -0.325 e. The molecule has 0 aliphatic heterocycles. The average Bonchev–Trinajstić information content (AvgIpc) is 2.93. The van der Waals surface area contributed by atoms with Gasteiger partial charge in [-0.1, -0.05) is 34.9 Å². The molecule has 0 saturated heterocycles. The van der Waals surface area contributed by atoms with Gasteiger partial charge in [-0.3, -0.25) is 4.79 Å². The highest BCUT2D eigenvalue weighted by Gasteiger charge is 2.09. The fourth-order valence-electron chi connectivity index (χ4n) is 1.45. The van der Waals surface area contributed by atoms with Crippen molar-refractivity contribution in [3.63, 3.8) is 0 Å². The van der Waals surface area contributed by atoms with Gasteiger partial charge < -0.3 is 5.32 Å². The van der Waals surface area contributed by atoms with Crippen molar-refractivity contribution in [3.8, 4) is 0 Å². The van der Waals surface area contributed by atoms with E-state index in [4.69, 9.17) is 0 Å². The molecule has 118 valence electrons. The van der Waals surface area contributed by atoms with Crippen molar-refractivity contribution >= 4 is 56.3 Å². The average molecular weight is 376 g/mol. The monoisotopic (exact) mass is 375 g/mol. The summed E-state index contributed by atoms with van der Waals surface area (Å²) in [5.41, 5.74) is 0.556. The second kappa shape index (κ2) is 7.44. The van der Waals surface area contributed by atoms with E-state index in [1.807, 2.05) is 6.26 Å². The quantitative estimate of drug-likeness (QED) is 0.775. The molecular formula is C12H13N3O3S4. The van der Waals surface area contributed by atoms with Crippen LogP contribution in [0.25, 0.3) is 0 Å². The van der Waals surface area contributed by atoms with Crippen LogP contribution in [0.15, 0.2) is 37.8 Å². The Kier molecular flexibility index (Phi) is 5.84. The van der Waals surface area contributed by atoms with E-state index in [0.717, 1.165) is 14.9 Å². The Morgan fingerprint density at radius 2 is 1.86 bits per heavy atom. The minimum atomic E-state index is -3.23. The highest BCUT2D eigenvalue weighted by Crippen LogP contribution is 2.27. The van der Waals surface area contributed by atoms with E-state index in [2.05, 4.69) is 15.5 Å². The number of amides is 1. The number of aromatic nitrogens is 2. The Bertz CT molecular complexity index is 756. The molecule has 0 atom stereocenters. The van der Waals surface area contributed by atoms with Gasteiger partial charge in [0.1, 0.15) is 0 Å². The molecule has 10 heteroatoms. The van der Waals surface area contributed by atoms with Gasteiger partial charge in [-0.25, -0.2) is 8.42 Å². The summed E-state index contributed by atoms with van der Waals surface area (Å²) in [6.07, 6.45) is 3.06. The number of anilines is 1. The zero-order chi connectivity index (χ0) is 16.2. The summed E-state index contributed by atoms with van der Waals surface area (Å²) in [7, 11) is -3.23. The Morgan fingerprint density at radius 3 is 2.41 bits per heavy atom. The van der Waals surface area contributed by atoms with Gasteiger partial charge in [0.05, 0.1) is 10.6 Å². The SMILES string of the molecule is CSc1nnc(SCC(=O)Nc2ccc(S(C)(=O)=O)cc2)s1. The van der Waals surface area contributed by atoms with Crippen molar-refractivity contribution in [1.82, 2.24) is 10.2 Å². The molecule has 0 unspecified atom stereocenters. The van der Waals surface area contributed by atoms with E-state index in [-0.39, 0.29) is 16.6 Å². The lowest BCUT2D eigenvalue weighted by atomic mass is 10.3. The summed E-state index contributed by atoms with van der Waals surface area (Å²) < 4.78 is 24.3. The first-order valence-corrected chi connectivity index (χ1v) is 10.9. The molecule has 22 heavy (non-hydrogen) atoms. The number of rotatable bonds is 6. The molecule has 2 aromatic rings. The topological polar surface area (TPSA) is 89.0 Å². The number of sulfone groups is 1. The normalized spacial score (nSPS) is 11.4. The first-order valence-electron chi connectivity index (χ1n) is 5.99. The maximum absolute atomic E-state index is 11.8. The summed E-state index contributed by atoms with van der Waals surface area (Å²) >= 11 is 4.27. The number of carbonyl (C=O) groups is 1. The number of nitrogens with zero attached hydrogens (tertiary/aromatic N) is 2. The molecule has 0 radical (unpaired) electrons. The minimum absolute atomic E-state index is 0.182. The van der Waals surface area contributed by atoms with Gasteiger partial charge in [0, 0.05) is 11.9 Å². The fourth-order valence-corrected chi connectivity index (χ4v) is 4.32. The lowest BCUT2D eigenvalue weighted by molar-refractivity contribution is -0.113. The maximum Gasteiger partial charge on any atom is 0.234 e. The van der Waals surface area contributed by atoms with Gasteiger partial charge in [-0.2, -0.15) is 0 Å². The van der Waals surface area contributed by atoms with Gasteiger partial charge in [-0.15, -0.1) is 10.2 Å². The predicted molar refractivity (Wildman–Crippen MR) is 90.6 cm³/mol. The van der Waals surface area contributed by atoms with Crippen molar-refractivity contribution < 1.29 is 13.2 Å². The molecule has 0 spiro atoms. The molecule has 1 aromatic heterocycles. The van der Waals surface area contributed by atoms with E-state index in [9.17, 15) is 13.2 Å². The third kappa shape index (κ3) is 4.97. The number of benzene rings is 1. The van der Waals surface area contributed by atoms with Crippen LogP contribution in [0.2, 0.25) is 0 Å². The van der Waals surface area contributed by atoms with Crippen LogP contribution in [0.1, 0.15) is 0 Å². The van der Waals surface area contributed by atoms with Crippen LogP contribution in [0.5, 0.6) is 0 Å². The molecule has 0 aliphatic carbocycles. The van der Waals surface area contributed by atoms with Gasteiger partial charge in [0.2, 0.25) is 5.91 Å². The number of hydrogen-bond donors (Lipinski definition) is 1. The Labute approximate surface area is 141 Å². The highest BCUT2D eigenvalue weighted by molar-refractivity contribution is 8.03. The Hall–Kier alpha value is -1.10. The smallest absolute Gasteiger partial charge is 0.234 e. The van der Waals surface area contributed by atoms with Crippen LogP contribution in [-0.4, -0.2) is 42.8 Å². The van der Waals surface area contributed by atoms with Crippen LogP contribution in [0.4, 0.5) is 5.69 Å². The van der Waals surface area contributed by atoms with Crippen LogP contribution >= 0.6 is 34.9 Å². The second-order valence-corrected chi connectivity index (χ2v) is 9.44. The summed E-state index contributed by atoms with van der Waals surface area (Å²) in [6, 6.07) is 6.06. The van der Waals surface area contributed by atoms with Crippen LogP contribution in [-0.2, 0) is 14.6 Å². The van der Waals surface area contributed by atoms with Gasteiger partial charge in [-0.05, 0) is 30.5 Å². The second-order valence-electron chi connectivity index (χ2n) is 4.17. The molecule has 6 nitrogen and oxygen atoms in total. The highest BCUT2D eigenvalue weighted by atomic mass is 32.2. The maximum atomic E-state index is 11.8. The van der Waals surface area contributed by atoms with E-state index < -0.39 is 9.84 Å². The Morgan fingerprint density at radius 1 is 1.23 bits per heavy atom. The Balaban J connectivity index is 1.89. The van der Waals surface area contributed by atoms with Crippen LogP contribution < -0.4 is 5.32 Å². The van der Waals surface area contributed by atoms with E-state index >= 15 is 0 Å². The van der Waals surface area contributed by atoms with Crippen molar-refractivity contribution in [2.75, 3.05) is 23.6 Å². The number of nitrogens with one attached hydrogen (secondary N) is 1. The summed E-state index contributed by atoms with van der Waals surface area (Å²) in [5.74, 6) is 0.0367. The molecule has 0 saturated carbocycles. The molecular weight excluding hydrogens is 362 g/mol. The summed E-state index contributed by atoms with van der Waals surface area (Å²) in [4.78, 5) is 12.1. The van der Waals surface area contributed by atoms with Crippen LogP contribution in [0.3, 0.4) is 0 Å². The zero-order valence-electron chi connectivity index (χ0n) is 11.8. The van der Waals surface area contributed by atoms with E-state index in [1.165, 1.54) is 47.0 Å². The van der Waals surface area contributed by atoms with Gasteiger partial charge >= 0.3 is 0 Å². The van der Waals surface area contributed by atoms with E-state index in [1.54, 1.807) is 12.1 Å². The van der Waals surface area contributed by atoms with Crippen molar-refractivity contribution in [1.29, 1.82) is 0 Å². The molecule has 2 rings (SSSR count). The lowest BCUT2D eigenvalue weighted by Crippen LogP contribution is -2.14. The van der Waals surface area contributed by atoms with Crippen molar-refractivity contribution in [2.24, 2.45) is 0 Å². The molecule has 1 aromatic carbocycles. The first-order chi connectivity index (χ1) is 10.4. The fraction of sp³-hybridized carbons (Fsp3) is 0.250. The largest absolute Gasteiger partial charge is 0.325 e. The standard InChI is InChI=1S/C12H13N3O3S4/c1-19-11-14-15-12(21-11)20-7-10(16)13-8-3-5-9(6-4-8)22(2,17)18/h3-6H,7H2,1-2H3,(H,13,16). The zero-order valence-corrected chi connectivity index (χ0v) is 15.0. The summed E-state index contributed by atoms with van der Waals surface area (Å²) in [5, 5.41) is 10.6. The number of carbonyl (C=O) groups excluding carboxylic acids is 1. The first kappa shape index (κ1) is 17.3. The molecule has 1 N–H and O–H groups in total. The van der Waals surface area contributed by atoms with Crippen molar-refractivity contribution in [2.45, 2.75) is 13.6 Å². The van der Waals surface area contributed by atoms with E-state index in [0.29, 0.717) is 5.69 Å². The molecule has 0 fully saturated rings. The number of hydrogen-bond acceptors (Lipinski definition) is 8. The lowest BCUT2D eigenvalue weighted by Gasteiger charge is -2.05. The number of thioether (sulfide) groups is 2. The molecule has 1 heterocycles. The van der Waals surface area contributed by atoms with Crippen molar-refractivity contribution in [3.05, 3.63) is 24.3 Å². The molecule has 1 amide bonds. The molecule has 0 aliphatic rings. The summed E-state index contributed by atoms with van der Waals surface area (Å²) in [6.45, 7) is 0. The van der Waals surface area contributed by atoms with Gasteiger partial charge in [0.15, 0.2) is 18.5 Å². The van der Waals surface area contributed by atoms with Gasteiger partial charge in [0.25, 0.3) is 0 Å². The third-order valence-corrected chi connectivity index (χ3v) is 6.62.